The van der Waals surface area contributed by atoms with Crippen molar-refractivity contribution < 1.29 is 14.3 Å². The number of carbonyl (C=O) groups excluding carboxylic acids is 2. The van der Waals surface area contributed by atoms with Gasteiger partial charge in [-0.15, -0.1) is 0 Å². The third-order valence-corrected chi connectivity index (χ3v) is 6.54. The maximum absolute atomic E-state index is 13.5. The highest BCUT2D eigenvalue weighted by Gasteiger charge is 2.34. The molecule has 0 radical (unpaired) electrons. The van der Waals surface area contributed by atoms with Gasteiger partial charge in [-0.2, -0.15) is 0 Å². The van der Waals surface area contributed by atoms with E-state index in [0.29, 0.717) is 18.0 Å². The first-order valence-corrected chi connectivity index (χ1v) is 11.9. The highest BCUT2D eigenvalue weighted by Crippen LogP contribution is 2.27. The van der Waals surface area contributed by atoms with Gasteiger partial charge in [-0.1, -0.05) is 42.5 Å². The van der Waals surface area contributed by atoms with E-state index in [9.17, 15) is 9.59 Å². The van der Waals surface area contributed by atoms with Crippen LogP contribution >= 0.6 is 0 Å². The first-order chi connectivity index (χ1) is 16.2. The van der Waals surface area contributed by atoms with Gasteiger partial charge < -0.3 is 15.0 Å². The minimum absolute atomic E-state index is 0.0584. The summed E-state index contributed by atoms with van der Waals surface area (Å²) in [6.45, 7) is 5.02. The summed E-state index contributed by atoms with van der Waals surface area (Å²) in [5.41, 5.74) is 1.73. The van der Waals surface area contributed by atoms with Crippen LogP contribution in [0.5, 0.6) is 5.75 Å². The first-order valence-electron chi connectivity index (χ1n) is 11.9. The topological polar surface area (TPSA) is 65.1 Å². The molecule has 4 rings (SSSR count). The number of hydrogen-bond donors (Lipinski definition) is 1. The summed E-state index contributed by atoms with van der Waals surface area (Å²) in [6.07, 6.45) is 3.38. The van der Waals surface area contributed by atoms with Crippen molar-refractivity contribution in [3.8, 4) is 5.75 Å². The minimum Gasteiger partial charge on any atom is -0.495 e. The number of carbonyl (C=O) groups is 2. The van der Waals surface area contributed by atoms with E-state index in [-0.39, 0.29) is 17.9 Å². The number of piperazine rings is 1. The van der Waals surface area contributed by atoms with E-state index in [2.05, 4.69) is 27.2 Å². The van der Waals surface area contributed by atoms with Crippen LogP contribution in [-0.2, 0) is 9.59 Å². The summed E-state index contributed by atoms with van der Waals surface area (Å²) in [7, 11) is 1.60. The largest absolute Gasteiger partial charge is 0.495 e. The van der Waals surface area contributed by atoms with Crippen molar-refractivity contribution in [2.75, 3.05) is 58.2 Å². The van der Waals surface area contributed by atoms with Gasteiger partial charge in [0.2, 0.25) is 11.8 Å². The highest BCUT2D eigenvalue weighted by atomic mass is 16.5. The molecule has 2 heterocycles. The SMILES string of the molecule is COc1ccccc1NC(=O)CN1CCN(C(C(=O)N2CCCCC2)c2ccccc2)CC1. The molecule has 1 N–H and O–H groups in total. The van der Waals surface area contributed by atoms with Crippen LogP contribution in [0.3, 0.4) is 0 Å². The average Bonchev–Trinajstić information content (AvgIpc) is 2.86. The fourth-order valence-electron chi connectivity index (χ4n) is 4.75. The van der Waals surface area contributed by atoms with Gasteiger partial charge in [-0.05, 0) is 37.0 Å². The van der Waals surface area contributed by atoms with Crippen molar-refractivity contribution in [2.45, 2.75) is 25.3 Å². The second-order valence-electron chi connectivity index (χ2n) is 8.76. The number of nitrogens with zero attached hydrogens (tertiary/aromatic N) is 3. The van der Waals surface area contributed by atoms with E-state index in [1.54, 1.807) is 7.11 Å². The second-order valence-corrected chi connectivity index (χ2v) is 8.76. The molecule has 2 saturated heterocycles. The number of benzene rings is 2. The van der Waals surface area contributed by atoms with Crippen LogP contribution in [0.1, 0.15) is 30.9 Å². The van der Waals surface area contributed by atoms with Crippen molar-refractivity contribution in [3.05, 3.63) is 60.2 Å². The van der Waals surface area contributed by atoms with E-state index in [0.717, 1.165) is 57.7 Å². The third-order valence-electron chi connectivity index (χ3n) is 6.54. The predicted molar refractivity (Wildman–Crippen MR) is 129 cm³/mol. The monoisotopic (exact) mass is 450 g/mol. The summed E-state index contributed by atoms with van der Waals surface area (Å²) < 4.78 is 5.32. The lowest BCUT2D eigenvalue weighted by atomic mass is 10.0. The van der Waals surface area contributed by atoms with Gasteiger partial charge in [0.15, 0.2) is 0 Å². The Balaban J connectivity index is 1.37. The molecule has 1 atom stereocenters. The number of para-hydroxylation sites is 2. The zero-order valence-electron chi connectivity index (χ0n) is 19.4. The predicted octanol–water partition coefficient (Wildman–Crippen LogP) is 3.01. The van der Waals surface area contributed by atoms with Crippen LogP contribution in [0.25, 0.3) is 0 Å². The quantitative estimate of drug-likeness (QED) is 0.703. The molecule has 1 unspecified atom stereocenters. The smallest absolute Gasteiger partial charge is 0.244 e. The Kier molecular flexibility index (Phi) is 7.96. The average molecular weight is 451 g/mol. The van der Waals surface area contributed by atoms with E-state index in [4.69, 9.17) is 4.74 Å². The molecule has 0 aliphatic carbocycles. The standard InChI is InChI=1S/C26H34N4O3/c1-33-23-13-7-6-12-22(23)27-24(31)20-28-16-18-29(19-17-28)25(21-10-4-2-5-11-21)26(32)30-14-8-3-9-15-30/h2,4-7,10-13,25H,3,8-9,14-20H2,1H3,(H,27,31). The fraction of sp³-hybridized carbons (Fsp3) is 0.462. The molecule has 33 heavy (non-hydrogen) atoms. The molecule has 2 aromatic carbocycles. The number of piperidine rings is 1. The molecule has 2 aliphatic rings. The van der Waals surface area contributed by atoms with Crippen molar-refractivity contribution in [2.24, 2.45) is 0 Å². The highest BCUT2D eigenvalue weighted by molar-refractivity contribution is 5.93. The summed E-state index contributed by atoms with van der Waals surface area (Å²) in [5.74, 6) is 0.804. The van der Waals surface area contributed by atoms with Crippen LogP contribution in [-0.4, -0.2) is 79.4 Å². The lowest BCUT2D eigenvalue weighted by Crippen LogP contribution is -2.53. The first kappa shape index (κ1) is 23.3. The molecule has 2 fully saturated rings. The van der Waals surface area contributed by atoms with Gasteiger partial charge >= 0.3 is 0 Å². The van der Waals surface area contributed by atoms with Crippen LogP contribution < -0.4 is 10.1 Å². The Labute approximate surface area is 196 Å². The van der Waals surface area contributed by atoms with Crippen molar-refractivity contribution in [1.82, 2.24) is 14.7 Å². The maximum atomic E-state index is 13.5. The van der Waals surface area contributed by atoms with Crippen LogP contribution in [0.2, 0.25) is 0 Å². The Morgan fingerprint density at radius 3 is 2.24 bits per heavy atom. The number of rotatable bonds is 7. The van der Waals surface area contributed by atoms with Gasteiger partial charge in [0, 0.05) is 39.3 Å². The van der Waals surface area contributed by atoms with E-state index in [1.807, 2.05) is 47.4 Å². The molecule has 176 valence electrons. The van der Waals surface area contributed by atoms with E-state index in [1.165, 1.54) is 6.42 Å². The van der Waals surface area contributed by atoms with Gasteiger partial charge in [0.25, 0.3) is 0 Å². The van der Waals surface area contributed by atoms with Gasteiger partial charge in [0.1, 0.15) is 11.8 Å². The summed E-state index contributed by atoms with van der Waals surface area (Å²) in [6, 6.07) is 17.3. The second kappa shape index (κ2) is 11.3. The minimum atomic E-state index is -0.256. The van der Waals surface area contributed by atoms with Crippen LogP contribution in [0, 0.1) is 0 Å². The molecule has 0 spiro atoms. The van der Waals surface area contributed by atoms with Gasteiger partial charge in [-0.3, -0.25) is 19.4 Å². The number of hydrogen-bond acceptors (Lipinski definition) is 5. The molecule has 0 bridgehead atoms. The Bertz CT molecular complexity index is 922. The zero-order valence-corrected chi connectivity index (χ0v) is 19.4. The summed E-state index contributed by atoms with van der Waals surface area (Å²) >= 11 is 0. The number of nitrogens with one attached hydrogen (secondary N) is 1. The number of likely N-dealkylation sites (tertiary alicyclic amines) is 1. The molecular weight excluding hydrogens is 416 g/mol. The van der Waals surface area contributed by atoms with Gasteiger partial charge in [-0.25, -0.2) is 0 Å². The molecular formula is C26H34N4O3. The number of anilines is 1. The van der Waals surface area contributed by atoms with E-state index < -0.39 is 0 Å². The molecule has 2 aliphatic heterocycles. The number of amides is 2. The molecule has 7 heteroatoms. The normalized spacial score (nSPS) is 18.5. The van der Waals surface area contributed by atoms with Crippen LogP contribution in [0.15, 0.2) is 54.6 Å². The fourth-order valence-corrected chi connectivity index (χ4v) is 4.75. The maximum Gasteiger partial charge on any atom is 0.244 e. The molecule has 2 aromatic rings. The Morgan fingerprint density at radius 2 is 1.55 bits per heavy atom. The third kappa shape index (κ3) is 5.92. The Morgan fingerprint density at radius 1 is 0.879 bits per heavy atom. The lowest BCUT2D eigenvalue weighted by molar-refractivity contribution is -0.139. The zero-order chi connectivity index (χ0) is 23.0. The van der Waals surface area contributed by atoms with Crippen LogP contribution in [0.4, 0.5) is 5.69 Å². The van der Waals surface area contributed by atoms with Crippen molar-refractivity contribution >= 4 is 17.5 Å². The summed E-state index contributed by atoms with van der Waals surface area (Å²) in [5, 5.41) is 2.95. The van der Waals surface area contributed by atoms with E-state index >= 15 is 0 Å². The molecule has 2 amide bonds. The van der Waals surface area contributed by atoms with Crippen molar-refractivity contribution in [3.63, 3.8) is 0 Å². The number of ether oxygens (including phenoxy) is 1. The Hall–Kier alpha value is -2.90. The van der Waals surface area contributed by atoms with Crippen molar-refractivity contribution in [1.29, 1.82) is 0 Å². The lowest BCUT2D eigenvalue weighted by Gasteiger charge is -2.41. The molecule has 0 aromatic heterocycles. The molecule has 7 nitrogen and oxygen atoms in total. The number of methoxy groups -OCH3 is 1. The van der Waals surface area contributed by atoms with Gasteiger partial charge in [0.05, 0.1) is 19.3 Å². The summed E-state index contributed by atoms with van der Waals surface area (Å²) in [4.78, 5) is 32.6. The molecule has 0 saturated carbocycles.